The zero-order valence-electron chi connectivity index (χ0n) is 9.22. The third-order valence-electron chi connectivity index (χ3n) is 3.68. The Bertz CT molecular complexity index is 502. The number of nitrogens with zero attached hydrogens (tertiary/aromatic N) is 2. The van der Waals surface area contributed by atoms with E-state index in [2.05, 4.69) is 0 Å². The van der Waals surface area contributed by atoms with Crippen molar-refractivity contribution in [1.82, 2.24) is 0 Å². The van der Waals surface area contributed by atoms with Crippen molar-refractivity contribution in [2.45, 2.75) is 6.10 Å². The second-order valence-electron chi connectivity index (χ2n) is 4.74. The lowest BCUT2D eigenvalue weighted by Crippen LogP contribution is -2.27. The van der Waals surface area contributed by atoms with Gasteiger partial charge in [0.15, 0.2) is 11.6 Å². The van der Waals surface area contributed by atoms with Crippen LogP contribution in [0.25, 0.3) is 0 Å². The van der Waals surface area contributed by atoms with Crippen LogP contribution in [-0.4, -0.2) is 29.2 Å². The summed E-state index contributed by atoms with van der Waals surface area (Å²) in [6.45, 7) is 0.773. The van der Waals surface area contributed by atoms with Crippen LogP contribution in [0, 0.1) is 33.6 Å². The minimum Gasteiger partial charge on any atom is -0.392 e. The Morgan fingerprint density at radius 1 is 1.28 bits per heavy atom. The molecule has 1 unspecified atom stereocenters. The summed E-state index contributed by atoms with van der Waals surface area (Å²) < 4.78 is 27.4. The fraction of sp³-hybridized carbons (Fsp3) is 0.455. The van der Waals surface area contributed by atoms with Crippen molar-refractivity contribution in [2.75, 3.05) is 18.0 Å². The molecule has 0 spiro atoms. The summed E-state index contributed by atoms with van der Waals surface area (Å²) in [7, 11) is 0. The van der Waals surface area contributed by atoms with E-state index in [4.69, 9.17) is 0 Å². The first-order valence-electron chi connectivity index (χ1n) is 5.55. The number of aliphatic hydroxyl groups excluding tert-OH is 1. The number of non-ortho nitro benzene ring substituents is 1. The van der Waals surface area contributed by atoms with E-state index in [1.807, 2.05) is 0 Å². The number of piperidine rings is 1. The number of fused-ring (bicyclic) bond motifs is 1. The van der Waals surface area contributed by atoms with Gasteiger partial charge in [-0.1, -0.05) is 0 Å². The summed E-state index contributed by atoms with van der Waals surface area (Å²) in [6, 6.07) is 1.44. The molecule has 2 aliphatic rings. The number of hydrogen-bond acceptors (Lipinski definition) is 4. The highest BCUT2D eigenvalue weighted by Gasteiger charge is 2.55. The Balaban J connectivity index is 1.91. The van der Waals surface area contributed by atoms with Crippen molar-refractivity contribution >= 4 is 11.4 Å². The summed E-state index contributed by atoms with van der Waals surface area (Å²) in [6.07, 6.45) is -0.370. The van der Waals surface area contributed by atoms with Gasteiger partial charge in [0.05, 0.1) is 23.2 Å². The highest BCUT2D eigenvalue weighted by molar-refractivity contribution is 5.55. The normalized spacial score (nSPS) is 29.3. The van der Waals surface area contributed by atoms with E-state index in [1.54, 1.807) is 0 Å². The van der Waals surface area contributed by atoms with Gasteiger partial charge >= 0.3 is 0 Å². The smallest absolute Gasteiger partial charge is 0.275 e. The van der Waals surface area contributed by atoms with Crippen LogP contribution in [-0.2, 0) is 0 Å². The predicted octanol–water partition coefficient (Wildman–Crippen LogP) is 1.30. The van der Waals surface area contributed by atoms with Gasteiger partial charge in [-0.2, -0.15) is 0 Å². The van der Waals surface area contributed by atoms with Gasteiger partial charge in [0, 0.05) is 24.9 Å². The number of halogens is 2. The van der Waals surface area contributed by atoms with E-state index < -0.39 is 22.2 Å². The molecule has 2 fully saturated rings. The molecule has 18 heavy (non-hydrogen) atoms. The lowest BCUT2D eigenvalue weighted by molar-refractivity contribution is -0.385. The molecule has 0 radical (unpaired) electrons. The van der Waals surface area contributed by atoms with Crippen molar-refractivity contribution in [1.29, 1.82) is 0 Å². The van der Waals surface area contributed by atoms with Crippen molar-refractivity contribution in [2.24, 2.45) is 11.8 Å². The Morgan fingerprint density at radius 2 is 1.78 bits per heavy atom. The minimum absolute atomic E-state index is 0.0685. The van der Waals surface area contributed by atoms with Crippen molar-refractivity contribution in [3.8, 4) is 0 Å². The first-order chi connectivity index (χ1) is 8.49. The molecule has 1 aliphatic heterocycles. The highest BCUT2D eigenvalue weighted by Crippen LogP contribution is 2.47. The maximum atomic E-state index is 13.7. The Kier molecular flexibility index (Phi) is 2.28. The molecule has 1 aliphatic carbocycles. The molecular weight excluding hydrogens is 246 g/mol. The summed E-state index contributed by atoms with van der Waals surface area (Å²) in [5, 5.41) is 19.8. The van der Waals surface area contributed by atoms with Crippen LogP contribution in [0.5, 0.6) is 0 Å². The molecule has 3 atom stereocenters. The lowest BCUT2D eigenvalue weighted by Gasteiger charge is -2.22. The Morgan fingerprint density at radius 3 is 2.22 bits per heavy atom. The first-order valence-corrected chi connectivity index (χ1v) is 5.55. The quantitative estimate of drug-likeness (QED) is 0.639. The van der Waals surface area contributed by atoms with Crippen molar-refractivity contribution < 1.29 is 18.8 Å². The molecule has 3 rings (SSSR count). The largest absolute Gasteiger partial charge is 0.392 e. The van der Waals surface area contributed by atoms with Crippen LogP contribution in [0.4, 0.5) is 20.2 Å². The second-order valence-corrected chi connectivity index (χ2v) is 4.74. The number of benzene rings is 1. The van der Waals surface area contributed by atoms with E-state index in [-0.39, 0.29) is 23.6 Å². The molecular formula is C11H10F2N2O3. The van der Waals surface area contributed by atoms with Gasteiger partial charge in [-0.15, -0.1) is 0 Å². The van der Waals surface area contributed by atoms with E-state index >= 15 is 0 Å². The molecule has 1 saturated carbocycles. The van der Waals surface area contributed by atoms with E-state index in [1.165, 1.54) is 4.90 Å². The lowest BCUT2D eigenvalue weighted by atomic mass is 10.2. The van der Waals surface area contributed by atoms with Crippen LogP contribution in [0.1, 0.15) is 0 Å². The molecule has 5 nitrogen and oxygen atoms in total. The topological polar surface area (TPSA) is 66.6 Å². The van der Waals surface area contributed by atoms with Gasteiger partial charge in [0.25, 0.3) is 5.69 Å². The predicted molar refractivity (Wildman–Crippen MR) is 58.2 cm³/mol. The zero-order valence-corrected chi connectivity index (χ0v) is 9.22. The van der Waals surface area contributed by atoms with E-state index in [0.29, 0.717) is 13.1 Å². The van der Waals surface area contributed by atoms with Gasteiger partial charge in [-0.05, 0) is 0 Å². The van der Waals surface area contributed by atoms with Crippen LogP contribution < -0.4 is 4.90 Å². The first kappa shape index (κ1) is 11.3. The fourth-order valence-electron chi connectivity index (χ4n) is 2.64. The molecule has 7 heteroatoms. The number of nitro benzene ring substituents is 1. The Labute approximate surface area is 101 Å². The third-order valence-corrected chi connectivity index (χ3v) is 3.68. The Hall–Kier alpha value is -1.76. The van der Waals surface area contributed by atoms with Crippen LogP contribution in [0.2, 0.25) is 0 Å². The molecule has 0 bridgehead atoms. The van der Waals surface area contributed by atoms with Crippen molar-refractivity contribution in [3.05, 3.63) is 33.9 Å². The summed E-state index contributed by atoms with van der Waals surface area (Å²) in [5.41, 5.74) is -0.835. The van der Waals surface area contributed by atoms with E-state index in [9.17, 15) is 24.0 Å². The molecule has 0 aromatic heterocycles. The molecule has 96 valence electrons. The number of nitro groups is 1. The molecule has 1 aromatic rings. The van der Waals surface area contributed by atoms with E-state index in [0.717, 1.165) is 12.1 Å². The number of hydrogen-bond donors (Lipinski definition) is 1. The average molecular weight is 256 g/mol. The summed E-state index contributed by atoms with van der Waals surface area (Å²) >= 11 is 0. The fourth-order valence-corrected chi connectivity index (χ4v) is 2.64. The van der Waals surface area contributed by atoms with Gasteiger partial charge < -0.3 is 10.0 Å². The number of aliphatic hydroxyl groups is 1. The van der Waals surface area contributed by atoms with Gasteiger partial charge in [0.2, 0.25) is 0 Å². The molecule has 1 heterocycles. The van der Waals surface area contributed by atoms with Crippen molar-refractivity contribution in [3.63, 3.8) is 0 Å². The SMILES string of the molecule is O=[N+]([O-])c1cc(F)c(N2C[C@@H]3C(O)[C@@H]3C2)c(F)c1. The minimum atomic E-state index is -0.933. The summed E-state index contributed by atoms with van der Waals surface area (Å²) in [4.78, 5) is 11.1. The average Bonchev–Trinajstić information content (AvgIpc) is 2.75. The zero-order chi connectivity index (χ0) is 13.0. The molecule has 1 aromatic carbocycles. The second kappa shape index (κ2) is 3.61. The third kappa shape index (κ3) is 1.54. The number of anilines is 1. The standard InChI is InChI=1S/C11H10F2N2O3/c12-8-1-5(15(17)18)2-9(13)10(8)14-3-6-7(4-14)11(6)16/h1-2,6-7,11,16H,3-4H2/t6-,7+,11?. The van der Waals surface area contributed by atoms with Gasteiger partial charge in [-0.25, -0.2) is 8.78 Å². The molecule has 1 saturated heterocycles. The van der Waals surface area contributed by atoms with Gasteiger partial charge in [0.1, 0.15) is 5.69 Å². The molecule has 1 N–H and O–H groups in total. The highest BCUT2D eigenvalue weighted by atomic mass is 19.1. The monoisotopic (exact) mass is 256 g/mol. The maximum absolute atomic E-state index is 13.7. The van der Waals surface area contributed by atoms with Crippen LogP contribution in [0.15, 0.2) is 12.1 Å². The van der Waals surface area contributed by atoms with Gasteiger partial charge in [-0.3, -0.25) is 10.1 Å². The molecule has 0 amide bonds. The maximum Gasteiger partial charge on any atom is 0.275 e. The van der Waals surface area contributed by atoms with Crippen LogP contribution >= 0.6 is 0 Å². The summed E-state index contributed by atoms with van der Waals surface area (Å²) in [5.74, 6) is -1.73. The van der Waals surface area contributed by atoms with Crippen LogP contribution in [0.3, 0.4) is 0 Å². The number of rotatable bonds is 2.